The molecule has 0 aliphatic heterocycles. The molecule has 2 aromatic heterocycles. The zero-order valence-electron chi connectivity index (χ0n) is 42.0. The summed E-state index contributed by atoms with van der Waals surface area (Å²) in [5.41, 5.74) is 14.8. The number of para-hydroxylation sites is 4. The number of hydrogen-bond donors (Lipinski definition) is 0. The van der Waals surface area contributed by atoms with Crippen molar-refractivity contribution >= 4 is 110 Å². The van der Waals surface area contributed by atoms with Crippen molar-refractivity contribution in [1.29, 1.82) is 0 Å². The Morgan fingerprint density at radius 3 is 1.26 bits per heavy atom. The molecule has 0 spiro atoms. The van der Waals surface area contributed by atoms with Gasteiger partial charge in [-0.25, -0.2) is 0 Å². The topological polar surface area (TPSA) is 32.8 Å². The zero-order chi connectivity index (χ0) is 49.4. The van der Waals surface area contributed by atoms with Crippen LogP contribution in [0.3, 0.4) is 0 Å². The van der Waals surface area contributed by atoms with Crippen LogP contribution in [-0.4, -0.2) is 0 Å². The molecule has 352 valence electrons. The summed E-state index contributed by atoms with van der Waals surface area (Å²) >= 11 is 0. The Labute approximate surface area is 425 Å². The molecule has 0 radical (unpaired) electrons. The van der Waals surface area contributed by atoms with Crippen LogP contribution in [-0.2, 0) is 5.41 Å². The highest BCUT2D eigenvalue weighted by molar-refractivity contribution is 6.21. The molecule has 4 nitrogen and oxygen atoms in total. The normalized spacial score (nSPS) is 13.5. The maximum atomic E-state index is 6.33. The van der Waals surface area contributed by atoms with Gasteiger partial charge in [-0.3, -0.25) is 0 Å². The smallest absolute Gasteiger partial charge is 0.135 e. The Kier molecular flexibility index (Phi) is 9.29. The Balaban J connectivity index is 0.997. The van der Waals surface area contributed by atoms with Crippen molar-refractivity contribution in [2.45, 2.75) is 47.0 Å². The zero-order valence-corrected chi connectivity index (χ0v) is 42.0. The lowest BCUT2D eigenvalue weighted by Crippen LogP contribution is -2.50. The van der Waals surface area contributed by atoms with E-state index in [0.717, 1.165) is 78.0 Å². The Hall–Kier alpha value is -8.60. The summed E-state index contributed by atoms with van der Waals surface area (Å²) in [6.45, 7) is 14.8. The van der Waals surface area contributed by atoms with Gasteiger partial charge in [0, 0.05) is 61.1 Å². The van der Waals surface area contributed by atoms with E-state index in [1.807, 2.05) is 18.2 Å². The molecular formula is C69H54N2O2. The molecular weight excluding hydrogens is 889 g/mol. The summed E-state index contributed by atoms with van der Waals surface area (Å²) in [4.78, 5) is 4.79. The van der Waals surface area contributed by atoms with Gasteiger partial charge in [-0.1, -0.05) is 163 Å². The van der Waals surface area contributed by atoms with Crippen molar-refractivity contribution in [2.75, 3.05) is 9.80 Å². The van der Waals surface area contributed by atoms with Crippen molar-refractivity contribution in [3.05, 3.63) is 230 Å². The summed E-state index contributed by atoms with van der Waals surface area (Å²) < 4.78 is 12.6. The van der Waals surface area contributed by atoms with Crippen LogP contribution < -0.4 is 9.80 Å². The molecule has 0 unspecified atom stereocenters. The highest BCUT2D eigenvalue weighted by atomic mass is 16.3. The number of fused-ring (bicyclic) bond motifs is 16. The molecule has 1 aliphatic carbocycles. The van der Waals surface area contributed by atoms with Crippen LogP contribution in [0.2, 0.25) is 0 Å². The summed E-state index contributed by atoms with van der Waals surface area (Å²) in [5.74, 6) is 0. The van der Waals surface area contributed by atoms with Crippen LogP contribution in [0.1, 0.15) is 52.7 Å². The van der Waals surface area contributed by atoms with Gasteiger partial charge in [0.25, 0.3) is 0 Å². The van der Waals surface area contributed by atoms with E-state index < -0.39 is 5.41 Å². The van der Waals surface area contributed by atoms with Crippen molar-refractivity contribution in [1.82, 2.24) is 0 Å². The minimum atomic E-state index is -0.422. The van der Waals surface area contributed by atoms with Gasteiger partial charge in [-0.15, -0.1) is 0 Å². The molecule has 1 aliphatic rings. The molecule has 0 N–H and O–H groups in total. The molecule has 13 aromatic rings. The van der Waals surface area contributed by atoms with Gasteiger partial charge in [0.15, 0.2) is 0 Å². The van der Waals surface area contributed by atoms with Gasteiger partial charge < -0.3 is 18.6 Å². The fraction of sp³-hybridized carbons (Fsp3) is 0.130. The van der Waals surface area contributed by atoms with E-state index in [0.29, 0.717) is 0 Å². The van der Waals surface area contributed by atoms with E-state index in [1.165, 1.54) is 54.6 Å². The predicted molar refractivity (Wildman–Crippen MR) is 308 cm³/mol. The lowest BCUT2D eigenvalue weighted by molar-refractivity contribution is 0.0977. The number of nitrogens with zero attached hydrogens (tertiary/aromatic N) is 2. The average Bonchev–Trinajstić information content (AvgIpc) is 4.08. The first-order valence-corrected chi connectivity index (χ1v) is 25.6. The van der Waals surface area contributed by atoms with Crippen LogP contribution in [0.15, 0.2) is 227 Å². The summed E-state index contributed by atoms with van der Waals surface area (Å²) in [6.07, 6.45) is 0. The maximum Gasteiger partial charge on any atom is 0.135 e. The molecule has 0 bridgehead atoms. The van der Waals surface area contributed by atoms with Crippen LogP contribution >= 0.6 is 0 Å². The molecule has 0 atom stereocenters. The lowest BCUT2D eigenvalue weighted by Gasteiger charge is -2.54. The molecule has 4 heteroatoms. The third-order valence-electron chi connectivity index (χ3n) is 16.1. The van der Waals surface area contributed by atoms with Gasteiger partial charge in [-0.2, -0.15) is 0 Å². The third kappa shape index (κ3) is 6.26. The number of hydrogen-bond acceptors (Lipinski definition) is 4. The molecule has 73 heavy (non-hydrogen) atoms. The first kappa shape index (κ1) is 43.2. The summed E-state index contributed by atoms with van der Waals surface area (Å²) in [7, 11) is 0. The molecule has 2 heterocycles. The Bertz CT molecular complexity index is 4340. The van der Waals surface area contributed by atoms with Crippen molar-refractivity contribution in [2.24, 2.45) is 10.8 Å². The van der Waals surface area contributed by atoms with Gasteiger partial charge in [-0.05, 0) is 162 Å². The monoisotopic (exact) mass is 942 g/mol. The second-order valence-corrected chi connectivity index (χ2v) is 22.1. The van der Waals surface area contributed by atoms with E-state index in [-0.39, 0.29) is 10.8 Å². The SMILES string of the molecule is CC(C)(C)C1(C(C)(C)C)c2c(ccc3cc(N(c4ccccc4)c4ccc5oc6ccccc6c5c4)ccc23)-c2c1c1ccc(N(c3ccccc3)c3ccc4oc5ccccc5c4c3)cc1c1ccccc21. The average molecular weight is 943 g/mol. The Morgan fingerprint density at radius 2 is 0.726 bits per heavy atom. The van der Waals surface area contributed by atoms with Crippen LogP contribution in [0.5, 0.6) is 0 Å². The predicted octanol–water partition coefficient (Wildman–Crippen LogP) is 20.2. The number of furan rings is 2. The maximum absolute atomic E-state index is 6.33. The third-order valence-corrected chi connectivity index (χ3v) is 16.1. The number of anilines is 6. The molecule has 11 aromatic carbocycles. The minimum absolute atomic E-state index is 0.218. The standard InChI is InChI=1S/C69H54N2O2/c1-67(2,3)69(68(4,5)6)65-50-35-30-46(70(44-19-9-7-10-20-44)48-32-37-62-58(41-48)52-24-15-17-27-60(52)72-62)39-43(50)29-34-56(65)64-54-26-14-13-23-51(54)57-40-47(31-36-55(57)66(64)69)71(45-21-11-8-12-22-45)49-33-38-63-59(42-49)53-25-16-18-28-61(53)73-63/h7-42H,1-6H3. The highest BCUT2D eigenvalue weighted by Crippen LogP contribution is 2.68. The van der Waals surface area contributed by atoms with Gasteiger partial charge >= 0.3 is 0 Å². The van der Waals surface area contributed by atoms with Gasteiger partial charge in [0.05, 0.1) is 0 Å². The van der Waals surface area contributed by atoms with Crippen LogP contribution in [0.4, 0.5) is 34.1 Å². The second kappa shape index (κ2) is 15.7. The second-order valence-electron chi connectivity index (χ2n) is 22.1. The first-order valence-electron chi connectivity index (χ1n) is 25.6. The quantitative estimate of drug-likeness (QED) is 0.156. The first-order chi connectivity index (χ1) is 35.5. The van der Waals surface area contributed by atoms with Crippen molar-refractivity contribution < 1.29 is 8.83 Å². The van der Waals surface area contributed by atoms with Crippen molar-refractivity contribution in [3.8, 4) is 11.1 Å². The molecule has 0 fully saturated rings. The molecule has 0 saturated carbocycles. The molecule has 14 rings (SSSR count). The number of benzene rings is 11. The minimum Gasteiger partial charge on any atom is -0.456 e. The van der Waals surface area contributed by atoms with E-state index in [1.54, 1.807) is 0 Å². The van der Waals surface area contributed by atoms with Gasteiger partial charge in [0.2, 0.25) is 0 Å². The largest absolute Gasteiger partial charge is 0.456 e. The van der Waals surface area contributed by atoms with Crippen molar-refractivity contribution in [3.63, 3.8) is 0 Å². The van der Waals surface area contributed by atoms with E-state index in [9.17, 15) is 0 Å². The molecule has 0 amide bonds. The van der Waals surface area contributed by atoms with E-state index >= 15 is 0 Å². The fourth-order valence-corrected chi connectivity index (χ4v) is 13.6. The van der Waals surface area contributed by atoms with E-state index in [2.05, 4.69) is 252 Å². The van der Waals surface area contributed by atoms with Crippen LogP contribution in [0.25, 0.3) is 87.3 Å². The van der Waals surface area contributed by atoms with Gasteiger partial charge in [0.1, 0.15) is 22.3 Å². The van der Waals surface area contributed by atoms with E-state index in [4.69, 9.17) is 8.83 Å². The molecule has 0 saturated heterocycles. The highest BCUT2D eigenvalue weighted by Gasteiger charge is 2.59. The summed E-state index contributed by atoms with van der Waals surface area (Å²) in [6, 6.07) is 79.7. The number of rotatable bonds is 6. The van der Waals surface area contributed by atoms with Crippen LogP contribution in [0, 0.1) is 10.8 Å². The lowest BCUT2D eigenvalue weighted by atomic mass is 9.49. The Morgan fingerprint density at radius 1 is 0.301 bits per heavy atom. The fourth-order valence-electron chi connectivity index (χ4n) is 13.6. The summed E-state index contributed by atoms with van der Waals surface area (Å²) in [5, 5.41) is 12.0.